The Morgan fingerprint density at radius 2 is 2.29 bits per heavy atom. The molecular formula is C12H13ClN2OS. The van der Waals surface area contributed by atoms with Gasteiger partial charge in [0.25, 0.3) is 0 Å². The molecule has 17 heavy (non-hydrogen) atoms. The highest BCUT2D eigenvalue weighted by Gasteiger charge is 2.21. The number of para-hydroxylation sites is 1. The van der Waals surface area contributed by atoms with E-state index in [0.717, 1.165) is 23.2 Å². The first-order valence-electron chi connectivity index (χ1n) is 5.78. The summed E-state index contributed by atoms with van der Waals surface area (Å²) >= 11 is 8.05. The highest BCUT2D eigenvalue weighted by molar-refractivity contribution is 7.99. The number of H-pyrrole nitrogens is 1. The van der Waals surface area contributed by atoms with E-state index in [2.05, 4.69) is 4.98 Å². The maximum Gasteiger partial charge on any atom is 0.327 e. The summed E-state index contributed by atoms with van der Waals surface area (Å²) in [6, 6.07) is 5.59. The average molecular weight is 269 g/mol. The zero-order valence-corrected chi connectivity index (χ0v) is 10.9. The molecule has 0 aliphatic carbocycles. The zero-order valence-electron chi connectivity index (χ0n) is 9.28. The number of aromatic nitrogens is 2. The van der Waals surface area contributed by atoms with E-state index in [4.69, 9.17) is 11.6 Å². The Labute approximate surface area is 108 Å². The Bertz CT molecular complexity index is 598. The first-order valence-corrected chi connectivity index (χ1v) is 7.20. The van der Waals surface area contributed by atoms with Crippen molar-refractivity contribution in [3.63, 3.8) is 0 Å². The number of aromatic amines is 1. The van der Waals surface area contributed by atoms with Gasteiger partial charge in [0.15, 0.2) is 0 Å². The standard InChI is InChI=1S/C12H13ClN2OS/c13-8-4-3-5-9-11(8)15(12(16)14-9)10-6-1-2-7-17-10/h3-5,10H,1-2,6-7H2,(H,14,16). The van der Waals surface area contributed by atoms with Crippen LogP contribution >= 0.6 is 23.4 Å². The number of imidazole rings is 1. The lowest BCUT2D eigenvalue weighted by Crippen LogP contribution is -2.22. The quantitative estimate of drug-likeness (QED) is 0.861. The van der Waals surface area contributed by atoms with Crippen LogP contribution in [0.4, 0.5) is 0 Å². The van der Waals surface area contributed by atoms with Gasteiger partial charge in [0.2, 0.25) is 0 Å². The van der Waals surface area contributed by atoms with Gasteiger partial charge in [-0.25, -0.2) is 4.79 Å². The number of nitrogens with zero attached hydrogens (tertiary/aromatic N) is 1. The van der Waals surface area contributed by atoms with Crippen LogP contribution in [0.2, 0.25) is 5.02 Å². The molecule has 2 heterocycles. The van der Waals surface area contributed by atoms with E-state index < -0.39 is 0 Å². The van der Waals surface area contributed by atoms with Crippen LogP contribution in [0, 0.1) is 0 Å². The number of halogens is 1. The number of nitrogens with one attached hydrogen (secondary N) is 1. The van der Waals surface area contributed by atoms with Gasteiger partial charge in [0.1, 0.15) is 0 Å². The molecule has 0 radical (unpaired) electrons. The van der Waals surface area contributed by atoms with Gasteiger partial charge < -0.3 is 4.98 Å². The van der Waals surface area contributed by atoms with Crippen molar-refractivity contribution in [1.82, 2.24) is 9.55 Å². The van der Waals surface area contributed by atoms with Gasteiger partial charge in [-0.3, -0.25) is 4.57 Å². The van der Waals surface area contributed by atoms with E-state index >= 15 is 0 Å². The fourth-order valence-corrected chi connectivity index (χ4v) is 3.93. The predicted molar refractivity (Wildman–Crippen MR) is 72.9 cm³/mol. The lowest BCUT2D eigenvalue weighted by atomic mass is 10.2. The summed E-state index contributed by atoms with van der Waals surface area (Å²) < 4.78 is 1.82. The Kier molecular flexibility index (Phi) is 2.92. The summed E-state index contributed by atoms with van der Waals surface area (Å²) in [7, 11) is 0. The molecule has 1 N–H and O–H groups in total. The van der Waals surface area contributed by atoms with Gasteiger partial charge >= 0.3 is 5.69 Å². The normalized spacial score (nSPS) is 20.9. The molecule has 0 amide bonds. The molecule has 90 valence electrons. The Hall–Kier alpha value is -0.870. The molecule has 1 aromatic carbocycles. The second-order valence-electron chi connectivity index (χ2n) is 4.26. The topological polar surface area (TPSA) is 37.8 Å². The first kappa shape index (κ1) is 11.2. The van der Waals surface area contributed by atoms with Gasteiger partial charge in [-0.05, 0) is 37.1 Å². The van der Waals surface area contributed by atoms with Gasteiger partial charge in [-0.15, -0.1) is 11.8 Å². The van der Waals surface area contributed by atoms with Crippen LogP contribution < -0.4 is 5.69 Å². The molecule has 1 fully saturated rings. The minimum absolute atomic E-state index is 0.0486. The fraction of sp³-hybridized carbons (Fsp3) is 0.417. The Morgan fingerprint density at radius 1 is 1.41 bits per heavy atom. The smallest absolute Gasteiger partial charge is 0.305 e. The molecule has 0 saturated carbocycles. The summed E-state index contributed by atoms with van der Waals surface area (Å²) in [4.78, 5) is 14.9. The zero-order chi connectivity index (χ0) is 11.8. The van der Waals surface area contributed by atoms with Crippen LogP contribution in [0.3, 0.4) is 0 Å². The summed E-state index contributed by atoms with van der Waals surface area (Å²) in [5.74, 6) is 1.12. The molecule has 1 aliphatic rings. The predicted octanol–water partition coefficient (Wildman–Crippen LogP) is 3.40. The summed E-state index contributed by atoms with van der Waals surface area (Å²) in [6.45, 7) is 0. The van der Waals surface area contributed by atoms with Gasteiger partial charge in [-0.1, -0.05) is 17.7 Å². The van der Waals surface area contributed by atoms with E-state index in [0.29, 0.717) is 5.02 Å². The van der Waals surface area contributed by atoms with E-state index in [1.807, 2.05) is 34.5 Å². The summed E-state index contributed by atoms with van der Waals surface area (Å²) in [5, 5.41) is 0.872. The van der Waals surface area contributed by atoms with Crippen molar-refractivity contribution in [2.24, 2.45) is 0 Å². The highest BCUT2D eigenvalue weighted by Crippen LogP contribution is 2.36. The molecule has 0 bridgehead atoms. The minimum Gasteiger partial charge on any atom is -0.305 e. The highest BCUT2D eigenvalue weighted by atomic mass is 35.5. The SMILES string of the molecule is O=c1[nH]c2cccc(Cl)c2n1C1CCCCS1. The lowest BCUT2D eigenvalue weighted by molar-refractivity contribution is 0.568. The number of rotatable bonds is 1. The van der Waals surface area contributed by atoms with Gasteiger partial charge in [0, 0.05) is 0 Å². The molecule has 1 atom stereocenters. The average Bonchev–Trinajstić information content (AvgIpc) is 2.68. The molecular weight excluding hydrogens is 256 g/mol. The van der Waals surface area contributed by atoms with Crippen molar-refractivity contribution in [1.29, 1.82) is 0 Å². The number of thioether (sulfide) groups is 1. The number of hydrogen-bond donors (Lipinski definition) is 1. The van der Waals surface area contributed by atoms with Crippen LogP contribution in [-0.2, 0) is 0 Å². The van der Waals surface area contributed by atoms with Crippen LogP contribution in [0.1, 0.15) is 24.6 Å². The van der Waals surface area contributed by atoms with E-state index in [1.54, 1.807) is 0 Å². The van der Waals surface area contributed by atoms with Crippen LogP contribution in [0.25, 0.3) is 11.0 Å². The third-order valence-corrected chi connectivity index (χ3v) is 4.79. The van der Waals surface area contributed by atoms with Crippen molar-refractivity contribution in [2.75, 3.05) is 5.75 Å². The third-order valence-electron chi connectivity index (χ3n) is 3.13. The molecule has 1 aromatic heterocycles. The first-order chi connectivity index (χ1) is 8.27. The molecule has 5 heteroatoms. The van der Waals surface area contributed by atoms with E-state index in [-0.39, 0.29) is 11.1 Å². The molecule has 1 unspecified atom stereocenters. The second kappa shape index (κ2) is 4.42. The van der Waals surface area contributed by atoms with Crippen LogP contribution in [0.5, 0.6) is 0 Å². The monoisotopic (exact) mass is 268 g/mol. The van der Waals surface area contributed by atoms with E-state index in [9.17, 15) is 4.79 Å². The maximum absolute atomic E-state index is 12.0. The molecule has 3 nitrogen and oxygen atoms in total. The number of benzene rings is 1. The van der Waals surface area contributed by atoms with Crippen molar-refractivity contribution in [3.05, 3.63) is 33.7 Å². The van der Waals surface area contributed by atoms with Crippen molar-refractivity contribution < 1.29 is 0 Å². The largest absolute Gasteiger partial charge is 0.327 e. The molecule has 1 saturated heterocycles. The molecule has 1 aliphatic heterocycles. The minimum atomic E-state index is -0.0486. The van der Waals surface area contributed by atoms with Crippen molar-refractivity contribution in [3.8, 4) is 0 Å². The van der Waals surface area contributed by atoms with Crippen molar-refractivity contribution >= 4 is 34.4 Å². The van der Waals surface area contributed by atoms with Crippen LogP contribution in [-0.4, -0.2) is 15.3 Å². The fourth-order valence-electron chi connectivity index (χ4n) is 2.34. The summed E-state index contributed by atoms with van der Waals surface area (Å²) in [6.07, 6.45) is 3.47. The number of hydrogen-bond acceptors (Lipinski definition) is 2. The maximum atomic E-state index is 12.0. The molecule has 3 rings (SSSR count). The van der Waals surface area contributed by atoms with Gasteiger partial charge in [-0.2, -0.15) is 0 Å². The third kappa shape index (κ3) is 1.89. The molecule has 0 spiro atoms. The Balaban J connectivity index is 2.20. The Morgan fingerprint density at radius 3 is 3.06 bits per heavy atom. The van der Waals surface area contributed by atoms with Crippen molar-refractivity contribution in [2.45, 2.75) is 24.6 Å². The second-order valence-corrected chi connectivity index (χ2v) is 5.95. The van der Waals surface area contributed by atoms with E-state index in [1.165, 1.54) is 12.8 Å². The van der Waals surface area contributed by atoms with Gasteiger partial charge in [0.05, 0.1) is 21.4 Å². The molecule has 2 aromatic rings. The van der Waals surface area contributed by atoms with Crippen LogP contribution in [0.15, 0.2) is 23.0 Å². The summed E-state index contributed by atoms with van der Waals surface area (Å²) in [5.41, 5.74) is 1.62. The number of fused-ring (bicyclic) bond motifs is 1. The lowest BCUT2D eigenvalue weighted by Gasteiger charge is -2.22.